The first-order valence-electron chi connectivity index (χ1n) is 4.27. The monoisotopic (exact) mass is 289 g/mol. The Morgan fingerprint density at radius 3 is 2.93 bits per heavy atom. The molecule has 4 heteroatoms. The van der Waals surface area contributed by atoms with Gasteiger partial charge < -0.3 is 5.73 Å². The molecule has 1 heterocycles. The molecule has 2 N–H and O–H groups in total. The van der Waals surface area contributed by atoms with E-state index in [9.17, 15) is 0 Å². The fourth-order valence-electron chi connectivity index (χ4n) is 1.46. The van der Waals surface area contributed by atoms with Crippen LogP contribution in [0.15, 0.2) is 22.0 Å². The lowest BCUT2D eigenvalue weighted by molar-refractivity contribution is 0.981. The van der Waals surface area contributed by atoms with Gasteiger partial charge in [-0.1, -0.05) is 11.6 Å². The van der Waals surface area contributed by atoms with Gasteiger partial charge in [-0.3, -0.25) is 0 Å². The summed E-state index contributed by atoms with van der Waals surface area (Å²) in [5, 5.41) is 4.14. The van der Waals surface area contributed by atoms with Gasteiger partial charge in [-0.05, 0) is 57.4 Å². The maximum absolute atomic E-state index is 6.00. The van der Waals surface area contributed by atoms with Gasteiger partial charge in [-0.25, -0.2) is 0 Å². The van der Waals surface area contributed by atoms with Gasteiger partial charge in [-0.15, -0.1) is 11.3 Å². The van der Waals surface area contributed by atoms with Gasteiger partial charge in [-0.2, -0.15) is 0 Å². The lowest BCUT2D eigenvalue weighted by atomic mass is 10.1. The first kappa shape index (κ1) is 10.4. The van der Waals surface area contributed by atoms with Crippen LogP contribution in [0.3, 0.4) is 0 Å². The molecule has 14 heavy (non-hydrogen) atoms. The summed E-state index contributed by atoms with van der Waals surface area (Å²) < 4.78 is 2.31. The number of rotatable bonds is 2. The van der Waals surface area contributed by atoms with Crippen molar-refractivity contribution < 1.29 is 0 Å². The van der Waals surface area contributed by atoms with Crippen LogP contribution >= 0.6 is 38.9 Å². The summed E-state index contributed by atoms with van der Waals surface area (Å²) in [5.74, 6) is 0. The zero-order valence-corrected chi connectivity index (χ0v) is 10.5. The van der Waals surface area contributed by atoms with E-state index in [1.54, 1.807) is 11.3 Å². The van der Waals surface area contributed by atoms with E-state index in [0.717, 1.165) is 15.9 Å². The summed E-state index contributed by atoms with van der Waals surface area (Å²) in [4.78, 5) is 0. The fraction of sp³-hybridized carbons (Fsp3) is 0.200. The molecule has 0 aliphatic rings. The molecule has 0 saturated heterocycles. The zero-order valence-electron chi connectivity index (χ0n) is 7.39. The highest BCUT2D eigenvalue weighted by atomic mass is 79.9. The van der Waals surface area contributed by atoms with Crippen LogP contribution in [-0.2, 0) is 6.42 Å². The largest absolute Gasteiger partial charge is 0.330 e. The molecule has 0 atom stereocenters. The molecule has 0 saturated carbocycles. The van der Waals surface area contributed by atoms with E-state index in [2.05, 4.69) is 21.3 Å². The lowest BCUT2D eigenvalue weighted by Gasteiger charge is -1.99. The zero-order chi connectivity index (χ0) is 10.1. The normalized spacial score (nSPS) is 11.1. The Bertz CT molecular complexity index is 466. The third-order valence-electron chi connectivity index (χ3n) is 2.09. The second-order valence-corrected chi connectivity index (χ2v) is 5.23. The van der Waals surface area contributed by atoms with Crippen LogP contribution in [-0.4, -0.2) is 6.54 Å². The Balaban J connectivity index is 2.66. The molecule has 0 bridgehead atoms. The average Bonchev–Trinajstić information content (AvgIpc) is 2.49. The van der Waals surface area contributed by atoms with Crippen molar-refractivity contribution in [1.82, 2.24) is 0 Å². The maximum atomic E-state index is 6.00. The SMILES string of the molecule is NCCc1csc2c(Br)cc(Cl)cc12. The molecule has 2 aromatic rings. The van der Waals surface area contributed by atoms with Gasteiger partial charge >= 0.3 is 0 Å². The van der Waals surface area contributed by atoms with E-state index in [0.29, 0.717) is 6.54 Å². The van der Waals surface area contributed by atoms with E-state index < -0.39 is 0 Å². The molecule has 0 aliphatic carbocycles. The van der Waals surface area contributed by atoms with Crippen LogP contribution in [0, 0.1) is 0 Å². The molecule has 0 spiro atoms. The Morgan fingerprint density at radius 1 is 1.43 bits per heavy atom. The third-order valence-corrected chi connectivity index (χ3v) is 4.27. The van der Waals surface area contributed by atoms with Crippen molar-refractivity contribution in [3.8, 4) is 0 Å². The highest BCUT2D eigenvalue weighted by molar-refractivity contribution is 9.10. The Hall–Kier alpha value is -0.0900. The maximum Gasteiger partial charge on any atom is 0.0488 e. The van der Waals surface area contributed by atoms with Gasteiger partial charge in [0, 0.05) is 14.2 Å². The van der Waals surface area contributed by atoms with E-state index in [1.807, 2.05) is 12.1 Å². The number of nitrogens with two attached hydrogens (primary N) is 1. The Labute approximate surface area is 100.0 Å². The molecule has 0 fully saturated rings. The third kappa shape index (κ3) is 1.82. The number of hydrogen-bond donors (Lipinski definition) is 1. The standard InChI is InChI=1S/C10H9BrClNS/c11-9-4-7(12)3-8-6(1-2-13)5-14-10(8)9/h3-5H,1-2,13H2. The van der Waals surface area contributed by atoms with Crippen LogP contribution in [0.1, 0.15) is 5.56 Å². The van der Waals surface area contributed by atoms with Gasteiger partial charge in [0.05, 0.1) is 0 Å². The lowest BCUT2D eigenvalue weighted by Crippen LogP contribution is -2.01. The summed E-state index contributed by atoms with van der Waals surface area (Å²) in [7, 11) is 0. The second kappa shape index (κ2) is 4.19. The molecule has 0 unspecified atom stereocenters. The molecule has 0 radical (unpaired) electrons. The number of thiophene rings is 1. The highest BCUT2D eigenvalue weighted by Gasteiger charge is 2.07. The number of halogens is 2. The molecular formula is C10H9BrClNS. The number of fused-ring (bicyclic) bond motifs is 1. The number of hydrogen-bond acceptors (Lipinski definition) is 2. The molecule has 74 valence electrons. The molecular weight excluding hydrogens is 282 g/mol. The van der Waals surface area contributed by atoms with Crippen molar-refractivity contribution in [2.24, 2.45) is 5.73 Å². The molecule has 1 nitrogen and oxygen atoms in total. The smallest absolute Gasteiger partial charge is 0.0488 e. The Kier molecular flexibility index (Phi) is 3.12. The van der Waals surface area contributed by atoms with Crippen molar-refractivity contribution in [3.63, 3.8) is 0 Å². The van der Waals surface area contributed by atoms with Gasteiger partial charge in [0.2, 0.25) is 0 Å². The first-order valence-corrected chi connectivity index (χ1v) is 6.32. The van der Waals surface area contributed by atoms with Crippen molar-refractivity contribution >= 4 is 49.0 Å². The van der Waals surface area contributed by atoms with Gasteiger partial charge in [0.1, 0.15) is 0 Å². The van der Waals surface area contributed by atoms with Gasteiger partial charge in [0.15, 0.2) is 0 Å². The summed E-state index contributed by atoms with van der Waals surface area (Å²) in [6, 6.07) is 3.93. The molecule has 0 amide bonds. The minimum atomic E-state index is 0.677. The van der Waals surface area contributed by atoms with Crippen LogP contribution in [0.2, 0.25) is 5.02 Å². The molecule has 2 rings (SSSR count). The molecule has 1 aromatic heterocycles. The van der Waals surface area contributed by atoms with Gasteiger partial charge in [0.25, 0.3) is 0 Å². The van der Waals surface area contributed by atoms with Crippen LogP contribution < -0.4 is 5.73 Å². The Morgan fingerprint density at radius 2 is 2.21 bits per heavy atom. The van der Waals surface area contributed by atoms with Crippen LogP contribution in [0.5, 0.6) is 0 Å². The minimum absolute atomic E-state index is 0.677. The van der Waals surface area contributed by atoms with Crippen LogP contribution in [0.25, 0.3) is 10.1 Å². The minimum Gasteiger partial charge on any atom is -0.330 e. The van der Waals surface area contributed by atoms with E-state index in [4.69, 9.17) is 17.3 Å². The molecule has 0 aliphatic heterocycles. The van der Waals surface area contributed by atoms with Crippen molar-refractivity contribution in [3.05, 3.63) is 32.6 Å². The van der Waals surface area contributed by atoms with Crippen LogP contribution in [0.4, 0.5) is 0 Å². The van der Waals surface area contributed by atoms with E-state index in [1.165, 1.54) is 15.6 Å². The number of benzene rings is 1. The second-order valence-electron chi connectivity index (χ2n) is 3.06. The van der Waals surface area contributed by atoms with Crippen molar-refractivity contribution in [2.75, 3.05) is 6.54 Å². The first-order chi connectivity index (χ1) is 6.72. The van der Waals surface area contributed by atoms with Crippen molar-refractivity contribution in [2.45, 2.75) is 6.42 Å². The molecule has 1 aromatic carbocycles. The average molecular weight is 291 g/mol. The van der Waals surface area contributed by atoms with E-state index in [-0.39, 0.29) is 0 Å². The summed E-state index contributed by atoms with van der Waals surface area (Å²) in [6.45, 7) is 0.677. The van der Waals surface area contributed by atoms with Crippen molar-refractivity contribution in [1.29, 1.82) is 0 Å². The topological polar surface area (TPSA) is 26.0 Å². The van der Waals surface area contributed by atoms with E-state index >= 15 is 0 Å². The predicted octanol–water partition coefficient (Wildman–Crippen LogP) is 3.82. The highest BCUT2D eigenvalue weighted by Crippen LogP contribution is 2.35. The summed E-state index contributed by atoms with van der Waals surface area (Å²) in [6.07, 6.45) is 0.910. The quantitative estimate of drug-likeness (QED) is 0.894. The summed E-state index contributed by atoms with van der Waals surface area (Å²) >= 11 is 11.2. The summed E-state index contributed by atoms with van der Waals surface area (Å²) in [5.41, 5.74) is 6.83. The fourth-order valence-corrected chi connectivity index (χ4v) is 3.55. The predicted molar refractivity (Wildman–Crippen MR) is 67.3 cm³/mol.